The highest BCUT2D eigenvalue weighted by atomic mass is 32.1. The quantitative estimate of drug-likeness (QED) is 0.428. The third-order valence-electron chi connectivity index (χ3n) is 6.52. The van der Waals surface area contributed by atoms with Crippen molar-refractivity contribution in [3.8, 4) is 11.1 Å². The largest absolute Gasteiger partial charge is 0.481 e. The minimum atomic E-state index is -0.942. The third-order valence-corrected chi connectivity index (χ3v) is 7.55. The van der Waals surface area contributed by atoms with Crippen molar-refractivity contribution in [3.63, 3.8) is 0 Å². The molecule has 0 saturated heterocycles. The van der Waals surface area contributed by atoms with Crippen molar-refractivity contribution in [1.82, 2.24) is 15.6 Å². The predicted octanol–water partition coefficient (Wildman–Crippen LogP) is 4.48. The van der Waals surface area contributed by atoms with E-state index in [-0.39, 0.29) is 24.6 Å². The van der Waals surface area contributed by atoms with Gasteiger partial charge in [-0.1, -0.05) is 48.5 Å². The lowest BCUT2D eigenvalue weighted by molar-refractivity contribution is -0.137. The van der Waals surface area contributed by atoms with Gasteiger partial charge in [-0.05, 0) is 42.0 Å². The summed E-state index contributed by atoms with van der Waals surface area (Å²) in [7, 11) is 0. The van der Waals surface area contributed by atoms with E-state index in [9.17, 15) is 14.4 Å². The highest BCUT2D eigenvalue weighted by molar-refractivity contribution is 7.09. The summed E-state index contributed by atoms with van der Waals surface area (Å²) in [6, 6.07) is 15.8. The number of benzene rings is 2. The molecule has 1 aromatic heterocycles. The molecule has 2 aromatic carbocycles. The lowest BCUT2D eigenvalue weighted by Gasteiger charge is -2.16. The second-order valence-electron chi connectivity index (χ2n) is 9.07. The normalized spacial score (nSPS) is 16.0. The molecular formula is C26H25N3O5S. The Balaban J connectivity index is 1.18. The molecule has 1 saturated carbocycles. The number of nitrogens with zero attached hydrogens (tertiary/aromatic N) is 1. The van der Waals surface area contributed by atoms with Crippen molar-refractivity contribution in [2.24, 2.45) is 0 Å². The highest BCUT2D eigenvalue weighted by Crippen LogP contribution is 2.44. The SMILES string of the molecule is CC(NC(=O)OCC1c2ccccc2-c2ccccc21)c1nc(C(=O)NC2(CC(=O)O)CC2)cs1. The molecule has 1 heterocycles. The zero-order valence-electron chi connectivity index (χ0n) is 19.1. The molecule has 0 spiro atoms. The zero-order valence-corrected chi connectivity index (χ0v) is 19.9. The van der Waals surface area contributed by atoms with Gasteiger partial charge in [0.05, 0.1) is 18.0 Å². The van der Waals surface area contributed by atoms with Gasteiger partial charge in [0.1, 0.15) is 17.3 Å². The van der Waals surface area contributed by atoms with Gasteiger partial charge in [0.25, 0.3) is 5.91 Å². The van der Waals surface area contributed by atoms with Crippen molar-refractivity contribution in [2.75, 3.05) is 6.61 Å². The van der Waals surface area contributed by atoms with Gasteiger partial charge in [-0.3, -0.25) is 9.59 Å². The molecule has 3 N–H and O–H groups in total. The summed E-state index contributed by atoms with van der Waals surface area (Å²) in [4.78, 5) is 40.4. The number of amides is 2. The molecule has 1 atom stereocenters. The number of carbonyl (C=O) groups is 3. The Kier molecular flexibility index (Phi) is 6.02. The maximum Gasteiger partial charge on any atom is 0.407 e. The Morgan fingerprint density at radius 3 is 2.34 bits per heavy atom. The fourth-order valence-corrected chi connectivity index (χ4v) is 5.37. The molecular weight excluding hydrogens is 466 g/mol. The van der Waals surface area contributed by atoms with E-state index in [0.717, 1.165) is 22.3 Å². The van der Waals surface area contributed by atoms with Crippen LogP contribution >= 0.6 is 11.3 Å². The first-order valence-corrected chi connectivity index (χ1v) is 12.3. The number of carboxylic acids is 1. The average molecular weight is 492 g/mol. The minimum absolute atomic E-state index is 0.0286. The Morgan fingerprint density at radius 1 is 1.11 bits per heavy atom. The summed E-state index contributed by atoms with van der Waals surface area (Å²) in [5, 5.41) is 16.8. The molecule has 0 radical (unpaired) electrons. The topological polar surface area (TPSA) is 118 Å². The van der Waals surface area contributed by atoms with E-state index in [2.05, 4.69) is 39.9 Å². The maximum atomic E-state index is 12.6. The van der Waals surface area contributed by atoms with Crippen molar-refractivity contribution >= 4 is 29.3 Å². The van der Waals surface area contributed by atoms with Crippen LogP contribution in [0.5, 0.6) is 0 Å². The van der Waals surface area contributed by atoms with Gasteiger partial charge in [-0.2, -0.15) is 0 Å². The molecule has 1 unspecified atom stereocenters. The van der Waals surface area contributed by atoms with Crippen molar-refractivity contribution < 1.29 is 24.2 Å². The molecule has 2 aliphatic rings. The number of ether oxygens (including phenoxy) is 1. The fourth-order valence-electron chi connectivity index (χ4n) is 4.56. The first kappa shape index (κ1) is 23.0. The van der Waals surface area contributed by atoms with Crippen LogP contribution in [0.15, 0.2) is 53.9 Å². The van der Waals surface area contributed by atoms with E-state index in [4.69, 9.17) is 9.84 Å². The number of alkyl carbamates (subject to hydrolysis) is 1. The van der Waals surface area contributed by atoms with Crippen LogP contribution in [0.25, 0.3) is 11.1 Å². The van der Waals surface area contributed by atoms with Crippen LogP contribution in [0.1, 0.15) is 64.8 Å². The van der Waals surface area contributed by atoms with Crippen LogP contribution in [0.4, 0.5) is 4.79 Å². The molecule has 2 aliphatic carbocycles. The lowest BCUT2D eigenvalue weighted by Crippen LogP contribution is -2.38. The van der Waals surface area contributed by atoms with Gasteiger partial charge in [0.2, 0.25) is 0 Å². The van der Waals surface area contributed by atoms with Gasteiger partial charge in [0, 0.05) is 11.3 Å². The molecule has 0 aliphatic heterocycles. The van der Waals surface area contributed by atoms with Crippen molar-refractivity contribution in [1.29, 1.82) is 0 Å². The predicted molar refractivity (Wildman–Crippen MR) is 130 cm³/mol. The number of fused-ring (bicyclic) bond motifs is 3. The third kappa shape index (κ3) is 4.77. The highest BCUT2D eigenvalue weighted by Gasteiger charge is 2.46. The van der Waals surface area contributed by atoms with Crippen LogP contribution in [-0.2, 0) is 9.53 Å². The fraction of sp³-hybridized carbons (Fsp3) is 0.308. The molecule has 3 aromatic rings. The smallest absolute Gasteiger partial charge is 0.407 e. The van der Waals surface area contributed by atoms with Gasteiger partial charge in [0.15, 0.2) is 0 Å². The molecule has 180 valence electrons. The van der Waals surface area contributed by atoms with Gasteiger partial charge < -0.3 is 20.5 Å². The molecule has 35 heavy (non-hydrogen) atoms. The van der Waals surface area contributed by atoms with Crippen LogP contribution in [0.2, 0.25) is 0 Å². The number of thiazole rings is 1. The van der Waals surface area contributed by atoms with Crippen molar-refractivity contribution in [2.45, 2.75) is 43.7 Å². The molecule has 0 bridgehead atoms. The van der Waals surface area contributed by atoms with E-state index < -0.39 is 29.6 Å². The number of hydrogen-bond donors (Lipinski definition) is 3. The summed E-state index contributed by atoms with van der Waals surface area (Å²) >= 11 is 1.25. The number of nitrogens with one attached hydrogen (secondary N) is 2. The Hall–Kier alpha value is -3.72. The standard InChI is InChI=1S/C26H25N3O5S/c1-15(24-28-21(14-35-24)23(32)29-26(10-11-26)12-22(30)31)27-25(33)34-13-20-18-8-4-2-6-16(18)17-7-3-5-9-19(17)20/h2-9,14-15,20H,10-13H2,1H3,(H,27,33)(H,29,32)(H,30,31). The number of carboxylic acid groups (broad SMARTS) is 1. The molecule has 1 fully saturated rings. The number of aromatic nitrogens is 1. The van der Waals surface area contributed by atoms with Crippen LogP contribution < -0.4 is 10.6 Å². The first-order chi connectivity index (χ1) is 16.8. The molecule has 2 amide bonds. The zero-order chi connectivity index (χ0) is 24.6. The first-order valence-electron chi connectivity index (χ1n) is 11.5. The van der Waals surface area contributed by atoms with Gasteiger partial charge in [-0.15, -0.1) is 11.3 Å². The number of hydrogen-bond acceptors (Lipinski definition) is 6. The number of aliphatic carboxylic acids is 1. The van der Waals surface area contributed by atoms with E-state index >= 15 is 0 Å². The lowest BCUT2D eigenvalue weighted by atomic mass is 9.98. The Labute approximate surface area is 206 Å². The van der Waals surface area contributed by atoms with Gasteiger partial charge >= 0.3 is 12.1 Å². The van der Waals surface area contributed by atoms with Gasteiger partial charge in [-0.25, -0.2) is 9.78 Å². The van der Waals surface area contributed by atoms with Crippen LogP contribution in [-0.4, -0.2) is 40.2 Å². The summed E-state index contributed by atoms with van der Waals surface area (Å²) < 4.78 is 5.59. The van der Waals surface area contributed by atoms with E-state index in [1.165, 1.54) is 11.3 Å². The van der Waals surface area contributed by atoms with E-state index in [0.29, 0.717) is 17.8 Å². The second-order valence-corrected chi connectivity index (χ2v) is 9.96. The average Bonchev–Trinajstić information content (AvgIpc) is 3.27. The monoisotopic (exact) mass is 491 g/mol. The van der Waals surface area contributed by atoms with Crippen LogP contribution in [0.3, 0.4) is 0 Å². The summed E-state index contributed by atoms with van der Waals surface area (Å²) in [5.41, 5.74) is 4.15. The minimum Gasteiger partial charge on any atom is -0.481 e. The molecule has 5 rings (SSSR count). The Bertz CT molecular complexity index is 1250. The van der Waals surface area contributed by atoms with Crippen LogP contribution in [0, 0.1) is 0 Å². The van der Waals surface area contributed by atoms with E-state index in [1.54, 1.807) is 12.3 Å². The molecule has 9 heteroatoms. The Morgan fingerprint density at radius 2 is 1.74 bits per heavy atom. The second kappa shape index (κ2) is 9.14. The summed E-state index contributed by atoms with van der Waals surface area (Å²) in [6.45, 7) is 1.98. The van der Waals surface area contributed by atoms with E-state index in [1.807, 2.05) is 24.3 Å². The maximum absolute atomic E-state index is 12.6. The van der Waals surface area contributed by atoms with Crippen molar-refractivity contribution in [3.05, 3.63) is 75.7 Å². The summed E-state index contributed by atoms with van der Waals surface area (Å²) in [6.07, 6.45) is 0.623. The summed E-state index contributed by atoms with van der Waals surface area (Å²) in [5.74, 6) is -1.37. The number of rotatable bonds is 8. The number of carbonyl (C=O) groups excluding carboxylic acids is 2. The molecule has 8 nitrogen and oxygen atoms in total.